The molecule has 1 saturated carbocycles. The Kier molecular flexibility index (Phi) is 3.61. The van der Waals surface area contributed by atoms with Crippen molar-refractivity contribution in [3.05, 3.63) is 16.7 Å². The first-order chi connectivity index (χ1) is 11.5. The highest BCUT2D eigenvalue weighted by atomic mass is 16.5. The van der Waals surface area contributed by atoms with Crippen LogP contribution in [-0.4, -0.2) is 62.2 Å². The number of rotatable bonds is 3. The van der Waals surface area contributed by atoms with Gasteiger partial charge >= 0.3 is 0 Å². The molecular weight excluding hydrogens is 312 g/mol. The molecule has 2 aliphatic rings. The van der Waals surface area contributed by atoms with Crippen LogP contribution < -0.4 is 5.56 Å². The lowest BCUT2D eigenvalue weighted by molar-refractivity contribution is -0.0525. The lowest BCUT2D eigenvalue weighted by atomic mass is 10.0. The number of H-pyrrole nitrogens is 1. The van der Waals surface area contributed by atoms with Crippen LogP contribution in [0.5, 0.6) is 0 Å². The van der Waals surface area contributed by atoms with E-state index in [1.54, 1.807) is 22.1 Å². The Balaban J connectivity index is 1.70. The molecule has 2 aromatic heterocycles. The van der Waals surface area contributed by atoms with Gasteiger partial charge in [0.25, 0.3) is 5.56 Å². The second-order valence-electron chi connectivity index (χ2n) is 6.62. The van der Waals surface area contributed by atoms with Crippen LogP contribution in [-0.2, 0) is 4.74 Å². The van der Waals surface area contributed by atoms with Gasteiger partial charge in [0.15, 0.2) is 11.2 Å². The second kappa shape index (κ2) is 5.67. The summed E-state index contributed by atoms with van der Waals surface area (Å²) < 4.78 is 7.77. The summed E-state index contributed by atoms with van der Waals surface area (Å²) in [6, 6.07) is 0. The zero-order chi connectivity index (χ0) is 16.8. The van der Waals surface area contributed by atoms with E-state index >= 15 is 0 Å². The van der Waals surface area contributed by atoms with Gasteiger partial charge in [-0.25, -0.2) is 9.98 Å². The van der Waals surface area contributed by atoms with Crippen molar-refractivity contribution in [2.75, 3.05) is 14.1 Å². The number of aliphatic hydroxyl groups excluding tert-OH is 1. The van der Waals surface area contributed by atoms with Crippen LogP contribution in [0.2, 0.25) is 0 Å². The Morgan fingerprint density at radius 1 is 1.50 bits per heavy atom. The van der Waals surface area contributed by atoms with Crippen LogP contribution >= 0.6 is 0 Å². The maximum absolute atomic E-state index is 12.2. The van der Waals surface area contributed by atoms with Crippen molar-refractivity contribution in [3.63, 3.8) is 0 Å². The van der Waals surface area contributed by atoms with E-state index in [1.165, 1.54) is 0 Å². The van der Waals surface area contributed by atoms with E-state index in [1.807, 2.05) is 14.1 Å². The maximum Gasteiger partial charge on any atom is 0.280 e. The fraction of sp³-hybridized carbons (Fsp3) is 0.600. The molecule has 9 heteroatoms. The summed E-state index contributed by atoms with van der Waals surface area (Å²) in [4.78, 5) is 29.3. The van der Waals surface area contributed by atoms with Gasteiger partial charge < -0.3 is 14.7 Å². The quantitative estimate of drug-likeness (QED) is 0.622. The molecule has 0 spiro atoms. The average molecular weight is 332 g/mol. The van der Waals surface area contributed by atoms with Gasteiger partial charge in [0.05, 0.1) is 24.9 Å². The molecule has 0 amide bonds. The molecule has 1 aliphatic heterocycles. The van der Waals surface area contributed by atoms with Gasteiger partial charge in [0.2, 0.25) is 5.95 Å². The number of ether oxygens (including phenoxy) is 1. The van der Waals surface area contributed by atoms with Gasteiger partial charge in [0, 0.05) is 14.1 Å². The van der Waals surface area contributed by atoms with Gasteiger partial charge in [-0.05, 0) is 25.2 Å². The van der Waals surface area contributed by atoms with E-state index in [9.17, 15) is 9.90 Å². The van der Waals surface area contributed by atoms with Crippen molar-refractivity contribution in [1.82, 2.24) is 24.4 Å². The minimum Gasteiger partial charge on any atom is -0.390 e. The normalized spacial score (nSPS) is 29.6. The molecule has 4 atom stereocenters. The molecule has 0 bridgehead atoms. The Morgan fingerprint density at radius 2 is 2.33 bits per heavy atom. The van der Waals surface area contributed by atoms with Crippen molar-refractivity contribution < 1.29 is 9.84 Å². The number of aliphatic imine (C=N–C) groups is 1. The third-order valence-electron chi connectivity index (χ3n) is 4.64. The summed E-state index contributed by atoms with van der Waals surface area (Å²) >= 11 is 0. The Hall–Kier alpha value is -2.26. The number of aromatic nitrogens is 4. The molecule has 9 nitrogen and oxygen atoms in total. The largest absolute Gasteiger partial charge is 0.390 e. The zero-order valence-electron chi connectivity index (χ0n) is 13.6. The molecule has 0 radical (unpaired) electrons. The van der Waals surface area contributed by atoms with Gasteiger partial charge in [-0.3, -0.25) is 14.3 Å². The fourth-order valence-corrected chi connectivity index (χ4v) is 3.51. The van der Waals surface area contributed by atoms with E-state index in [-0.39, 0.29) is 29.4 Å². The molecule has 2 fully saturated rings. The monoisotopic (exact) mass is 332 g/mol. The molecule has 1 aliphatic carbocycles. The predicted octanol–water partition coefficient (Wildman–Crippen LogP) is 0.399. The lowest BCUT2D eigenvalue weighted by Crippen LogP contribution is -2.23. The van der Waals surface area contributed by atoms with Gasteiger partial charge in [-0.2, -0.15) is 4.98 Å². The standard InChI is InChI=1S/C15H20N6O3/c1-20(2)6-17-15-18-13-11(14(23)19-15)16-7-21(13)10-5-8-3-4-9(22)12(8)24-10/h6-10,12,22H,3-5H2,1-2H3,(H,18,19,23)/t8-,9?,10?,12?/m1/s1. The number of hydrogen-bond donors (Lipinski definition) is 2. The van der Waals surface area contributed by atoms with E-state index in [4.69, 9.17) is 4.74 Å². The van der Waals surface area contributed by atoms with Crippen molar-refractivity contribution >= 4 is 23.5 Å². The highest BCUT2D eigenvalue weighted by molar-refractivity contribution is 5.71. The second-order valence-corrected chi connectivity index (χ2v) is 6.62. The van der Waals surface area contributed by atoms with E-state index in [0.717, 1.165) is 19.3 Å². The molecule has 2 N–H and O–H groups in total. The van der Waals surface area contributed by atoms with Crippen LogP contribution in [0.15, 0.2) is 16.1 Å². The number of imidazole rings is 1. The number of hydrogen-bond acceptors (Lipinski definition) is 6. The summed E-state index contributed by atoms with van der Waals surface area (Å²) in [5.41, 5.74) is 0.381. The smallest absolute Gasteiger partial charge is 0.280 e. The number of aliphatic hydroxyl groups is 1. The third kappa shape index (κ3) is 2.49. The molecule has 3 heterocycles. The van der Waals surface area contributed by atoms with Crippen molar-refractivity contribution in [3.8, 4) is 0 Å². The van der Waals surface area contributed by atoms with E-state index in [2.05, 4.69) is 19.9 Å². The molecular formula is C15H20N6O3. The third-order valence-corrected chi connectivity index (χ3v) is 4.64. The maximum atomic E-state index is 12.2. The van der Waals surface area contributed by atoms with Crippen LogP contribution in [0.25, 0.3) is 11.2 Å². The molecule has 0 aromatic carbocycles. The van der Waals surface area contributed by atoms with Crippen molar-refractivity contribution in [2.24, 2.45) is 10.9 Å². The zero-order valence-corrected chi connectivity index (χ0v) is 13.6. The van der Waals surface area contributed by atoms with Crippen LogP contribution in [0.1, 0.15) is 25.5 Å². The highest BCUT2D eigenvalue weighted by Gasteiger charge is 2.44. The number of fused-ring (bicyclic) bond motifs is 2. The number of nitrogens with zero attached hydrogens (tertiary/aromatic N) is 5. The van der Waals surface area contributed by atoms with Gasteiger partial charge in [-0.15, -0.1) is 0 Å². The Bertz CT molecular complexity index is 841. The number of aromatic amines is 1. The lowest BCUT2D eigenvalue weighted by Gasteiger charge is -2.16. The van der Waals surface area contributed by atoms with Crippen molar-refractivity contribution in [1.29, 1.82) is 0 Å². The minimum absolute atomic E-state index is 0.138. The molecule has 24 heavy (non-hydrogen) atoms. The van der Waals surface area contributed by atoms with Crippen LogP contribution in [0, 0.1) is 5.92 Å². The van der Waals surface area contributed by atoms with Gasteiger partial charge in [0.1, 0.15) is 6.23 Å². The Labute approximate surface area is 138 Å². The summed E-state index contributed by atoms with van der Waals surface area (Å²) in [7, 11) is 3.67. The average Bonchev–Trinajstić information content (AvgIpc) is 3.21. The number of nitrogens with one attached hydrogen (secondary N) is 1. The van der Waals surface area contributed by atoms with Crippen LogP contribution in [0.3, 0.4) is 0 Å². The summed E-state index contributed by atoms with van der Waals surface area (Å²) in [6.07, 6.45) is 4.86. The molecule has 3 unspecified atom stereocenters. The summed E-state index contributed by atoms with van der Waals surface area (Å²) in [5, 5.41) is 9.99. The molecule has 2 aromatic rings. The first-order valence-electron chi connectivity index (χ1n) is 8.04. The van der Waals surface area contributed by atoms with Gasteiger partial charge in [-0.1, -0.05) is 0 Å². The molecule has 128 valence electrons. The van der Waals surface area contributed by atoms with Crippen molar-refractivity contribution in [2.45, 2.75) is 37.7 Å². The first kappa shape index (κ1) is 15.3. The fourth-order valence-electron chi connectivity index (χ4n) is 3.51. The molecule has 1 saturated heterocycles. The first-order valence-corrected chi connectivity index (χ1v) is 8.04. The van der Waals surface area contributed by atoms with E-state index in [0.29, 0.717) is 11.6 Å². The highest BCUT2D eigenvalue weighted by Crippen LogP contribution is 2.43. The minimum atomic E-state index is -0.411. The van der Waals surface area contributed by atoms with Crippen LogP contribution in [0.4, 0.5) is 5.95 Å². The Morgan fingerprint density at radius 3 is 3.08 bits per heavy atom. The molecule has 4 rings (SSSR count). The SMILES string of the molecule is CN(C)C=Nc1nc2c(ncn2C2C[C@H]3CCC(O)C3O2)c(=O)[nH]1. The summed E-state index contributed by atoms with van der Waals surface area (Å²) in [6.45, 7) is 0. The predicted molar refractivity (Wildman–Crippen MR) is 87.2 cm³/mol. The summed E-state index contributed by atoms with van der Waals surface area (Å²) in [5.74, 6) is 0.567. The topological polar surface area (TPSA) is 109 Å². The van der Waals surface area contributed by atoms with E-state index < -0.39 is 6.10 Å².